The highest BCUT2D eigenvalue weighted by Gasteiger charge is 2.39. The van der Waals surface area contributed by atoms with Crippen molar-refractivity contribution >= 4 is 20.6 Å². The lowest BCUT2D eigenvalue weighted by molar-refractivity contribution is -0.142. The number of rotatable bonds is 7. The van der Waals surface area contributed by atoms with Crippen molar-refractivity contribution in [3.8, 4) is 0 Å². The van der Waals surface area contributed by atoms with E-state index in [1.54, 1.807) is 6.08 Å². The Balaban J connectivity index is 4.78. The summed E-state index contributed by atoms with van der Waals surface area (Å²) in [5.41, 5.74) is 0. The highest BCUT2D eigenvalue weighted by Crippen LogP contribution is 2.38. The molecule has 5 heteroatoms. The molecule has 0 N–H and O–H groups in total. The number of methoxy groups -OCH3 is 1. The van der Waals surface area contributed by atoms with E-state index < -0.39 is 8.32 Å². The van der Waals surface area contributed by atoms with Gasteiger partial charge in [0, 0.05) is 0 Å². The van der Waals surface area contributed by atoms with Crippen molar-refractivity contribution < 1.29 is 18.8 Å². The molecule has 0 saturated carbocycles. The van der Waals surface area contributed by atoms with Gasteiger partial charge in [-0.15, -0.1) is 0 Å². The second-order valence-corrected chi connectivity index (χ2v) is 10.8. The van der Waals surface area contributed by atoms with Crippen LogP contribution in [0.25, 0.3) is 0 Å². The molecule has 0 aromatic heterocycles. The molecule has 0 radical (unpaired) electrons. The van der Waals surface area contributed by atoms with Crippen LogP contribution in [0.5, 0.6) is 0 Å². The molecule has 0 aromatic rings. The van der Waals surface area contributed by atoms with Crippen LogP contribution in [-0.2, 0) is 18.8 Å². The molecule has 4 nitrogen and oxygen atoms in total. The van der Waals surface area contributed by atoms with Crippen LogP contribution < -0.4 is 0 Å². The van der Waals surface area contributed by atoms with E-state index in [2.05, 4.69) is 38.6 Å². The van der Waals surface area contributed by atoms with E-state index in [0.29, 0.717) is 6.42 Å². The third-order valence-electron chi connectivity index (χ3n) is 3.50. The highest BCUT2D eigenvalue weighted by atomic mass is 28.4. The Hall–Kier alpha value is -0.943. The maximum atomic E-state index is 11.4. The molecule has 0 unspecified atom stereocenters. The molecule has 19 heavy (non-hydrogen) atoms. The summed E-state index contributed by atoms with van der Waals surface area (Å²) in [6.45, 7) is 10.7. The smallest absolute Gasteiger partial charge is 0.308 e. The minimum Gasteiger partial charge on any atom is -0.469 e. The van der Waals surface area contributed by atoms with Gasteiger partial charge in [-0.3, -0.25) is 9.59 Å². The van der Waals surface area contributed by atoms with E-state index in [-0.39, 0.29) is 23.5 Å². The summed E-state index contributed by atoms with van der Waals surface area (Å²) in [6, 6.07) is 0. The van der Waals surface area contributed by atoms with Crippen LogP contribution in [0, 0.1) is 0 Å². The number of carbonyl (C=O) groups excluding carboxylic acids is 2. The molecule has 0 rings (SSSR count). The van der Waals surface area contributed by atoms with Gasteiger partial charge in [0.05, 0.1) is 19.6 Å². The van der Waals surface area contributed by atoms with Crippen molar-refractivity contribution in [2.24, 2.45) is 0 Å². The lowest BCUT2D eigenvalue weighted by Gasteiger charge is -2.39. The van der Waals surface area contributed by atoms with Crippen molar-refractivity contribution in [3.05, 3.63) is 12.2 Å². The fourth-order valence-electron chi connectivity index (χ4n) is 1.32. The largest absolute Gasteiger partial charge is 0.469 e. The van der Waals surface area contributed by atoms with Crippen molar-refractivity contribution in [3.63, 3.8) is 0 Å². The second kappa shape index (κ2) is 7.60. The highest BCUT2D eigenvalue weighted by molar-refractivity contribution is 6.74. The summed E-state index contributed by atoms with van der Waals surface area (Å²) in [5, 5.41) is 0.0791. The van der Waals surface area contributed by atoms with Crippen molar-refractivity contribution in [1.82, 2.24) is 0 Å². The molecule has 0 aliphatic rings. The van der Waals surface area contributed by atoms with E-state index >= 15 is 0 Å². The Morgan fingerprint density at radius 3 is 2.32 bits per heavy atom. The molecule has 0 heterocycles. The Labute approximate surface area is 117 Å². The summed E-state index contributed by atoms with van der Waals surface area (Å²) in [6.07, 6.45) is 4.41. The molecule has 0 bridgehead atoms. The second-order valence-electron chi connectivity index (χ2n) is 6.08. The quantitative estimate of drug-likeness (QED) is 0.312. The van der Waals surface area contributed by atoms with Crippen LogP contribution in [0.1, 0.15) is 33.6 Å². The Bertz CT molecular complexity index is 329. The van der Waals surface area contributed by atoms with Crippen molar-refractivity contribution in [2.75, 3.05) is 7.11 Å². The SMILES string of the molecule is COC(=O)C[C@@H](C/C=C/C=O)O[Si](C)(C)C(C)(C)C. The van der Waals surface area contributed by atoms with Crippen LogP contribution >= 0.6 is 0 Å². The van der Waals surface area contributed by atoms with Gasteiger partial charge in [0.1, 0.15) is 6.29 Å². The summed E-state index contributed by atoms with van der Waals surface area (Å²) in [7, 11) is -0.570. The lowest BCUT2D eigenvalue weighted by Crippen LogP contribution is -2.44. The summed E-state index contributed by atoms with van der Waals surface area (Å²) < 4.78 is 10.9. The number of hydrogen-bond acceptors (Lipinski definition) is 4. The zero-order valence-electron chi connectivity index (χ0n) is 12.9. The molecule has 0 aliphatic carbocycles. The van der Waals surface area contributed by atoms with E-state index in [4.69, 9.17) is 4.43 Å². The number of aldehydes is 1. The molecular weight excluding hydrogens is 260 g/mol. The normalized spacial score (nSPS) is 14.4. The first-order valence-electron chi connectivity index (χ1n) is 6.49. The van der Waals surface area contributed by atoms with Gasteiger partial charge in [0.15, 0.2) is 8.32 Å². The molecule has 0 spiro atoms. The molecule has 0 aromatic carbocycles. The first-order chi connectivity index (χ1) is 8.64. The van der Waals surface area contributed by atoms with Crippen molar-refractivity contribution in [1.29, 1.82) is 0 Å². The molecule has 0 saturated heterocycles. The van der Waals surface area contributed by atoms with Crippen LogP contribution in [0.2, 0.25) is 18.1 Å². The lowest BCUT2D eigenvalue weighted by atomic mass is 10.2. The van der Waals surface area contributed by atoms with E-state index in [9.17, 15) is 9.59 Å². The van der Waals surface area contributed by atoms with Crippen LogP contribution in [-0.4, -0.2) is 33.8 Å². The molecule has 110 valence electrons. The first kappa shape index (κ1) is 18.1. The third-order valence-corrected chi connectivity index (χ3v) is 8.04. The number of allylic oxidation sites excluding steroid dienone is 1. The van der Waals surface area contributed by atoms with E-state index in [1.165, 1.54) is 13.2 Å². The molecule has 0 fully saturated rings. The Kier molecular flexibility index (Phi) is 7.22. The first-order valence-corrected chi connectivity index (χ1v) is 9.40. The summed E-state index contributed by atoms with van der Waals surface area (Å²) in [5.74, 6) is -0.289. The van der Waals surface area contributed by atoms with Crippen LogP contribution in [0.3, 0.4) is 0 Å². The molecule has 1 atom stereocenters. The maximum Gasteiger partial charge on any atom is 0.308 e. The standard InChI is InChI=1S/C14H26O4Si/c1-14(2,3)19(5,6)18-12(9-7-8-10-15)11-13(16)17-4/h7-8,10,12H,9,11H2,1-6H3/b8-7+/t12-/m1/s1. The van der Waals surface area contributed by atoms with Gasteiger partial charge in [0.25, 0.3) is 0 Å². The van der Waals surface area contributed by atoms with Gasteiger partial charge < -0.3 is 9.16 Å². The van der Waals surface area contributed by atoms with Crippen LogP contribution in [0.15, 0.2) is 12.2 Å². The summed E-state index contributed by atoms with van der Waals surface area (Å²) in [4.78, 5) is 21.7. The van der Waals surface area contributed by atoms with Crippen LogP contribution in [0.4, 0.5) is 0 Å². The monoisotopic (exact) mass is 286 g/mol. The zero-order chi connectivity index (χ0) is 15.1. The van der Waals surface area contributed by atoms with Gasteiger partial charge in [0.2, 0.25) is 0 Å². The Morgan fingerprint density at radius 2 is 1.89 bits per heavy atom. The maximum absolute atomic E-state index is 11.4. The number of esters is 1. The van der Waals surface area contributed by atoms with Gasteiger partial charge >= 0.3 is 5.97 Å². The fourth-order valence-corrected chi connectivity index (χ4v) is 2.69. The minimum atomic E-state index is -1.94. The number of carbonyl (C=O) groups is 2. The van der Waals surface area contributed by atoms with Gasteiger partial charge in [-0.1, -0.05) is 26.8 Å². The number of ether oxygens (including phenoxy) is 1. The van der Waals surface area contributed by atoms with E-state index in [0.717, 1.165) is 6.29 Å². The van der Waals surface area contributed by atoms with Gasteiger partial charge in [-0.2, -0.15) is 0 Å². The van der Waals surface area contributed by atoms with Gasteiger partial charge in [-0.25, -0.2) is 0 Å². The number of hydrogen-bond donors (Lipinski definition) is 0. The average molecular weight is 286 g/mol. The third kappa shape index (κ3) is 6.68. The topological polar surface area (TPSA) is 52.6 Å². The predicted octanol–water partition coefficient (Wildman–Crippen LogP) is 3.09. The van der Waals surface area contributed by atoms with Crippen molar-refractivity contribution in [2.45, 2.75) is 57.8 Å². The Morgan fingerprint density at radius 1 is 1.32 bits per heavy atom. The average Bonchev–Trinajstić information content (AvgIpc) is 2.27. The fraction of sp³-hybridized carbons (Fsp3) is 0.714. The van der Waals surface area contributed by atoms with Gasteiger partial charge in [-0.05, 0) is 30.6 Å². The molecule has 0 aliphatic heterocycles. The zero-order valence-corrected chi connectivity index (χ0v) is 13.9. The van der Waals surface area contributed by atoms with E-state index in [1.807, 2.05) is 0 Å². The minimum absolute atomic E-state index is 0.0791. The predicted molar refractivity (Wildman–Crippen MR) is 78.5 cm³/mol. The molecule has 0 amide bonds. The molecular formula is C14H26O4Si. The summed E-state index contributed by atoms with van der Waals surface area (Å²) >= 11 is 0.